The van der Waals surface area contributed by atoms with Crippen molar-refractivity contribution >= 4 is 11.5 Å². The van der Waals surface area contributed by atoms with Crippen molar-refractivity contribution in [2.75, 3.05) is 6.61 Å². The maximum atomic E-state index is 11.1. The number of esters is 1. The molecule has 0 aliphatic carbocycles. The van der Waals surface area contributed by atoms with E-state index in [4.69, 9.17) is 4.74 Å². The monoisotopic (exact) mass is 218 g/mol. The summed E-state index contributed by atoms with van der Waals surface area (Å²) in [7, 11) is 0. The minimum absolute atomic E-state index is 0.122. The maximum Gasteiger partial charge on any atom is 0.305 e. The Balaban J connectivity index is 2.29. The fourth-order valence-electron chi connectivity index (χ4n) is 1.50. The van der Waals surface area contributed by atoms with Crippen LogP contribution in [0, 0.1) is 0 Å². The van der Waals surface area contributed by atoms with Crippen molar-refractivity contribution in [1.29, 1.82) is 0 Å². The van der Waals surface area contributed by atoms with E-state index in [-0.39, 0.29) is 5.97 Å². The van der Waals surface area contributed by atoms with Crippen LogP contribution >= 0.6 is 0 Å². The topological polar surface area (TPSA) is 26.3 Å². The molecular formula is C14H18O2. The molecule has 0 saturated heterocycles. The van der Waals surface area contributed by atoms with Gasteiger partial charge in [-0.05, 0) is 30.9 Å². The van der Waals surface area contributed by atoms with Gasteiger partial charge >= 0.3 is 5.97 Å². The highest BCUT2D eigenvalue weighted by Crippen LogP contribution is 2.18. The molecule has 0 fully saturated rings. The smallest absolute Gasteiger partial charge is 0.305 e. The van der Waals surface area contributed by atoms with Crippen molar-refractivity contribution in [3.63, 3.8) is 0 Å². The van der Waals surface area contributed by atoms with Gasteiger partial charge in [-0.1, -0.05) is 36.9 Å². The summed E-state index contributed by atoms with van der Waals surface area (Å²) in [6.07, 6.45) is 2.11. The minimum atomic E-state index is -0.122. The molecule has 0 saturated carbocycles. The van der Waals surface area contributed by atoms with Gasteiger partial charge in [-0.2, -0.15) is 0 Å². The van der Waals surface area contributed by atoms with E-state index in [1.807, 2.05) is 37.3 Å². The summed E-state index contributed by atoms with van der Waals surface area (Å²) < 4.78 is 4.86. The molecule has 0 heterocycles. The van der Waals surface area contributed by atoms with Crippen LogP contribution in [0.2, 0.25) is 0 Å². The zero-order valence-corrected chi connectivity index (χ0v) is 9.74. The van der Waals surface area contributed by atoms with Crippen LogP contribution < -0.4 is 0 Å². The molecule has 0 amide bonds. The Labute approximate surface area is 96.9 Å². The lowest BCUT2D eigenvalue weighted by Gasteiger charge is -2.05. The Morgan fingerprint density at radius 3 is 2.56 bits per heavy atom. The van der Waals surface area contributed by atoms with Crippen molar-refractivity contribution in [3.8, 4) is 0 Å². The number of ether oxygens (including phenoxy) is 1. The predicted octanol–water partition coefficient (Wildman–Crippen LogP) is 3.43. The van der Waals surface area contributed by atoms with E-state index in [0.717, 1.165) is 24.0 Å². The molecule has 2 heteroatoms. The number of hydrogen-bond donors (Lipinski definition) is 0. The number of allylic oxidation sites excluding steroid dienone is 1. The Bertz CT molecular complexity index is 341. The predicted molar refractivity (Wildman–Crippen MR) is 66.0 cm³/mol. The summed E-state index contributed by atoms with van der Waals surface area (Å²) in [4.78, 5) is 11.1. The summed E-state index contributed by atoms with van der Waals surface area (Å²) in [5, 5.41) is 0. The second-order valence-electron chi connectivity index (χ2n) is 3.63. The van der Waals surface area contributed by atoms with Gasteiger partial charge in [-0.15, -0.1) is 0 Å². The Morgan fingerprint density at radius 1 is 1.25 bits per heavy atom. The average molecular weight is 218 g/mol. The second-order valence-corrected chi connectivity index (χ2v) is 3.63. The molecule has 16 heavy (non-hydrogen) atoms. The van der Waals surface area contributed by atoms with Gasteiger partial charge in [0.15, 0.2) is 0 Å². The Morgan fingerprint density at radius 2 is 1.94 bits per heavy atom. The first-order valence-electron chi connectivity index (χ1n) is 5.63. The molecule has 0 aromatic heterocycles. The number of rotatable bonds is 6. The SMILES string of the molecule is C=C(CCCC(=O)OCC)c1ccccc1. The largest absolute Gasteiger partial charge is 0.466 e. The van der Waals surface area contributed by atoms with Crippen molar-refractivity contribution < 1.29 is 9.53 Å². The van der Waals surface area contributed by atoms with E-state index in [1.165, 1.54) is 0 Å². The van der Waals surface area contributed by atoms with Gasteiger partial charge in [-0.25, -0.2) is 0 Å². The third-order valence-electron chi connectivity index (χ3n) is 2.35. The first-order chi connectivity index (χ1) is 7.74. The Hall–Kier alpha value is -1.57. The molecule has 1 rings (SSSR count). The van der Waals surface area contributed by atoms with Crippen LogP contribution in [0.25, 0.3) is 5.57 Å². The zero-order valence-electron chi connectivity index (χ0n) is 9.74. The van der Waals surface area contributed by atoms with Crippen molar-refractivity contribution in [2.45, 2.75) is 26.2 Å². The molecule has 1 aromatic rings. The van der Waals surface area contributed by atoms with Crippen LogP contribution in [0.3, 0.4) is 0 Å². The lowest BCUT2D eigenvalue weighted by Crippen LogP contribution is -2.03. The summed E-state index contributed by atoms with van der Waals surface area (Å²) in [6.45, 7) is 6.29. The van der Waals surface area contributed by atoms with E-state index in [2.05, 4.69) is 6.58 Å². The second kappa shape index (κ2) is 6.83. The van der Waals surface area contributed by atoms with E-state index in [9.17, 15) is 4.79 Å². The van der Waals surface area contributed by atoms with Gasteiger partial charge in [0.2, 0.25) is 0 Å². The molecule has 1 aromatic carbocycles. The summed E-state index contributed by atoms with van der Waals surface area (Å²) in [6, 6.07) is 10.0. The lowest BCUT2D eigenvalue weighted by atomic mass is 10.0. The van der Waals surface area contributed by atoms with Crippen LogP contribution in [0.1, 0.15) is 31.7 Å². The lowest BCUT2D eigenvalue weighted by molar-refractivity contribution is -0.143. The standard InChI is InChI=1S/C14H18O2/c1-3-16-14(15)11-7-8-12(2)13-9-5-4-6-10-13/h4-6,9-10H,2-3,7-8,11H2,1H3. The molecule has 0 atom stereocenters. The molecule has 2 nitrogen and oxygen atoms in total. The fourth-order valence-corrected chi connectivity index (χ4v) is 1.50. The first-order valence-corrected chi connectivity index (χ1v) is 5.63. The van der Waals surface area contributed by atoms with Crippen molar-refractivity contribution in [1.82, 2.24) is 0 Å². The highest BCUT2D eigenvalue weighted by atomic mass is 16.5. The quantitative estimate of drug-likeness (QED) is 0.684. The molecule has 0 unspecified atom stereocenters. The molecule has 0 bridgehead atoms. The molecule has 0 aliphatic rings. The number of benzene rings is 1. The summed E-state index contributed by atoms with van der Waals surface area (Å²) in [5.41, 5.74) is 2.22. The van der Waals surface area contributed by atoms with Crippen LogP contribution in [0.15, 0.2) is 36.9 Å². The van der Waals surface area contributed by atoms with Gasteiger partial charge in [0.1, 0.15) is 0 Å². The maximum absolute atomic E-state index is 11.1. The highest BCUT2D eigenvalue weighted by molar-refractivity contribution is 5.70. The molecule has 86 valence electrons. The van der Waals surface area contributed by atoms with Crippen LogP contribution in [0.5, 0.6) is 0 Å². The molecule has 0 aliphatic heterocycles. The van der Waals surface area contributed by atoms with E-state index in [1.54, 1.807) is 0 Å². The number of hydrogen-bond acceptors (Lipinski definition) is 2. The zero-order chi connectivity index (χ0) is 11.8. The molecular weight excluding hydrogens is 200 g/mol. The van der Waals surface area contributed by atoms with Gasteiger partial charge in [0.25, 0.3) is 0 Å². The highest BCUT2D eigenvalue weighted by Gasteiger charge is 2.03. The summed E-state index contributed by atoms with van der Waals surface area (Å²) >= 11 is 0. The van der Waals surface area contributed by atoms with Gasteiger partial charge in [0.05, 0.1) is 6.61 Å². The van der Waals surface area contributed by atoms with Gasteiger partial charge < -0.3 is 4.74 Å². The van der Waals surface area contributed by atoms with Crippen LogP contribution in [0.4, 0.5) is 0 Å². The molecule has 0 N–H and O–H groups in total. The number of carbonyl (C=O) groups is 1. The normalized spacial score (nSPS) is 9.81. The van der Waals surface area contributed by atoms with Crippen LogP contribution in [-0.2, 0) is 9.53 Å². The third kappa shape index (κ3) is 4.30. The summed E-state index contributed by atoms with van der Waals surface area (Å²) in [5.74, 6) is -0.122. The average Bonchev–Trinajstić information content (AvgIpc) is 2.30. The molecule has 0 spiro atoms. The fraction of sp³-hybridized carbons (Fsp3) is 0.357. The minimum Gasteiger partial charge on any atom is -0.466 e. The number of carbonyl (C=O) groups excluding carboxylic acids is 1. The van der Waals surface area contributed by atoms with Gasteiger partial charge in [-0.3, -0.25) is 4.79 Å². The van der Waals surface area contributed by atoms with Crippen molar-refractivity contribution in [3.05, 3.63) is 42.5 Å². The third-order valence-corrected chi connectivity index (χ3v) is 2.35. The molecule has 0 radical (unpaired) electrons. The van der Waals surface area contributed by atoms with E-state index in [0.29, 0.717) is 13.0 Å². The first kappa shape index (κ1) is 12.5. The Kier molecular flexibility index (Phi) is 5.34. The van der Waals surface area contributed by atoms with Gasteiger partial charge in [0, 0.05) is 6.42 Å². The van der Waals surface area contributed by atoms with Crippen molar-refractivity contribution in [2.24, 2.45) is 0 Å². The van der Waals surface area contributed by atoms with E-state index < -0.39 is 0 Å². The van der Waals surface area contributed by atoms with E-state index >= 15 is 0 Å². The van der Waals surface area contributed by atoms with Crippen LogP contribution in [-0.4, -0.2) is 12.6 Å².